The van der Waals surface area contributed by atoms with Crippen molar-refractivity contribution in [3.8, 4) is 0 Å². The van der Waals surface area contributed by atoms with E-state index in [0.29, 0.717) is 6.54 Å². The fourth-order valence-corrected chi connectivity index (χ4v) is 1.42. The van der Waals surface area contributed by atoms with Crippen LogP contribution in [0.3, 0.4) is 0 Å². The molecule has 0 heterocycles. The molecule has 1 aromatic rings. The zero-order valence-corrected chi connectivity index (χ0v) is 11.5. The van der Waals surface area contributed by atoms with E-state index in [4.69, 9.17) is 0 Å². The lowest BCUT2D eigenvalue weighted by molar-refractivity contribution is -0.144. The first-order valence-corrected chi connectivity index (χ1v) is 5.99. The van der Waals surface area contributed by atoms with Gasteiger partial charge in [0.05, 0.1) is 14.2 Å². The maximum Gasteiger partial charge on any atom is 0.345 e. The summed E-state index contributed by atoms with van der Waals surface area (Å²) in [6, 6.07) is 9.83. The molecule has 1 rings (SSSR count). The van der Waals surface area contributed by atoms with Gasteiger partial charge < -0.3 is 14.8 Å². The number of allylic oxidation sites excluding steroid dienone is 2. The fourth-order valence-electron chi connectivity index (χ4n) is 1.42. The molecule has 0 aliphatic heterocycles. The summed E-state index contributed by atoms with van der Waals surface area (Å²) < 4.78 is 9.00. The van der Waals surface area contributed by atoms with Crippen molar-refractivity contribution in [1.82, 2.24) is 5.32 Å². The molecule has 0 saturated carbocycles. The Balaban J connectivity index is 2.56. The average Bonchev–Trinajstić information content (AvgIpc) is 2.50. The van der Waals surface area contributed by atoms with E-state index in [9.17, 15) is 9.59 Å². The van der Waals surface area contributed by atoms with Gasteiger partial charge in [-0.2, -0.15) is 0 Å². The van der Waals surface area contributed by atoms with Crippen LogP contribution in [0, 0.1) is 0 Å². The highest BCUT2D eigenvalue weighted by Crippen LogP contribution is 2.01. The van der Waals surface area contributed by atoms with Crippen LogP contribution in [-0.4, -0.2) is 26.2 Å². The number of hydrogen-bond donors (Lipinski definition) is 1. The Morgan fingerprint density at radius 2 is 1.70 bits per heavy atom. The number of esters is 2. The Morgan fingerprint density at radius 3 is 2.25 bits per heavy atom. The van der Waals surface area contributed by atoms with Crippen LogP contribution >= 0.6 is 0 Å². The van der Waals surface area contributed by atoms with Crippen molar-refractivity contribution in [2.45, 2.75) is 6.54 Å². The monoisotopic (exact) mass is 275 g/mol. The lowest BCUT2D eigenvalue weighted by Gasteiger charge is -2.02. The van der Waals surface area contributed by atoms with Gasteiger partial charge in [0.25, 0.3) is 0 Å². The molecule has 0 aromatic heterocycles. The van der Waals surface area contributed by atoms with Gasteiger partial charge in [0.1, 0.15) is 5.57 Å². The minimum Gasteiger partial charge on any atom is -0.465 e. The van der Waals surface area contributed by atoms with E-state index < -0.39 is 11.9 Å². The molecule has 5 nitrogen and oxygen atoms in total. The highest BCUT2D eigenvalue weighted by Gasteiger charge is 2.18. The number of carbonyl (C=O) groups excluding carboxylic acids is 2. The Morgan fingerprint density at radius 1 is 1.10 bits per heavy atom. The number of benzene rings is 1. The maximum absolute atomic E-state index is 11.4. The Kier molecular flexibility index (Phi) is 6.61. The lowest BCUT2D eigenvalue weighted by atomic mass is 10.2. The highest BCUT2D eigenvalue weighted by molar-refractivity contribution is 6.14. The third-order valence-corrected chi connectivity index (χ3v) is 2.44. The average molecular weight is 275 g/mol. The number of nitrogens with one attached hydrogen (secondary N) is 1. The summed E-state index contributed by atoms with van der Waals surface area (Å²) in [7, 11) is 2.41. The van der Waals surface area contributed by atoms with Gasteiger partial charge in [-0.3, -0.25) is 0 Å². The lowest BCUT2D eigenvalue weighted by Crippen LogP contribution is -2.15. The van der Waals surface area contributed by atoms with Gasteiger partial charge in [-0.25, -0.2) is 9.59 Å². The van der Waals surface area contributed by atoms with Gasteiger partial charge in [0.15, 0.2) is 0 Å². The summed E-state index contributed by atoms with van der Waals surface area (Å²) in [5.74, 6) is -1.46. The number of ether oxygens (including phenoxy) is 2. The van der Waals surface area contributed by atoms with Crippen molar-refractivity contribution >= 4 is 11.9 Å². The first-order valence-electron chi connectivity index (χ1n) is 5.99. The maximum atomic E-state index is 11.4. The predicted molar refractivity (Wildman–Crippen MR) is 74.5 cm³/mol. The second-order valence-electron chi connectivity index (χ2n) is 3.79. The van der Waals surface area contributed by atoms with E-state index in [-0.39, 0.29) is 5.57 Å². The quantitative estimate of drug-likeness (QED) is 0.281. The number of rotatable bonds is 6. The molecule has 20 heavy (non-hydrogen) atoms. The minimum absolute atomic E-state index is 0.159. The second-order valence-corrected chi connectivity index (χ2v) is 3.79. The zero-order chi connectivity index (χ0) is 14.8. The van der Waals surface area contributed by atoms with Crippen LogP contribution in [0.1, 0.15) is 5.56 Å². The zero-order valence-electron chi connectivity index (χ0n) is 11.5. The molecule has 0 bridgehead atoms. The summed E-state index contributed by atoms with van der Waals surface area (Å²) in [5.41, 5.74) is 0.968. The molecule has 0 atom stereocenters. The van der Waals surface area contributed by atoms with E-state index >= 15 is 0 Å². The van der Waals surface area contributed by atoms with Crippen LogP contribution in [0.15, 0.2) is 54.3 Å². The van der Waals surface area contributed by atoms with Crippen molar-refractivity contribution in [3.63, 3.8) is 0 Å². The van der Waals surface area contributed by atoms with Crippen molar-refractivity contribution in [3.05, 3.63) is 59.8 Å². The van der Waals surface area contributed by atoms with E-state index in [1.165, 1.54) is 20.3 Å². The number of hydrogen-bond acceptors (Lipinski definition) is 5. The first-order chi connectivity index (χ1) is 9.69. The first kappa shape index (κ1) is 15.5. The van der Waals surface area contributed by atoms with Crippen LogP contribution < -0.4 is 5.32 Å². The molecule has 0 spiro atoms. The third-order valence-electron chi connectivity index (χ3n) is 2.44. The summed E-state index contributed by atoms with van der Waals surface area (Å²) in [4.78, 5) is 22.7. The van der Waals surface area contributed by atoms with Gasteiger partial charge in [0.2, 0.25) is 0 Å². The van der Waals surface area contributed by atoms with Crippen LogP contribution in [0.4, 0.5) is 0 Å². The molecule has 0 unspecified atom stereocenters. The fraction of sp³-hybridized carbons (Fsp3) is 0.200. The molecule has 106 valence electrons. The van der Waals surface area contributed by atoms with Gasteiger partial charge in [-0.05, 0) is 23.9 Å². The van der Waals surface area contributed by atoms with Crippen LogP contribution in [0.2, 0.25) is 0 Å². The summed E-state index contributed by atoms with van der Waals surface area (Å²) in [5, 5.41) is 3.04. The Bertz CT molecular complexity index is 488. The van der Waals surface area contributed by atoms with Crippen LogP contribution in [0.25, 0.3) is 0 Å². The van der Waals surface area contributed by atoms with Crippen molar-refractivity contribution < 1.29 is 19.1 Å². The van der Waals surface area contributed by atoms with Crippen LogP contribution in [-0.2, 0) is 25.6 Å². The summed E-state index contributed by atoms with van der Waals surface area (Å²) in [6.45, 7) is 0.650. The standard InChI is InChI=1S/C15H17NO4/c1-19-14(17)13(15(18)20-2)9-6-10-16-11-12-7-4-3-5-8-12/h3-10,16H,11H2,1-2H3/b10-6+. The van der Waals surface area contributed by atoms with E-state index in [1.807, 2.05) is 30.3 Å². The van der Waals surface area contributed by atoms with E-state index in [2.05, 4.69) is 14.8 Å². The molecule has 0 saturated heterocycles. The van der Waals surface area contributed by atoms with Gasteiger partial charge in [-0.15, -0.1) is 0 Å². The molecule has 5 heteroatoms. The van der Waals surface area contributed by atoms with E-state index in [1.54, 1.807) is 12.3 Å². The van der Waals surface area contributed by atoms with Crippen molar-refractivity contribution in [2.75, 3.05) is 14.2 Å². The molecule has 0 aliphatic rings. The highest BCUT2D eigenvalue weighted by atomic mass is 16.5. The third kappa shape index (κ3) is 4.97. The molecule has 0 amide bonds. The predicted octanol–water partition coefficient (Wildman–Crippen LogP) is 1.56. The molecular weight excluding hydrogens is 258 g/mol. The summed E-state index contributed by atoms with van der Waals surface area (Å²) in [6.07, 6.45) is 4.53. The second kappa shape index (κ2) is 8.53. The molecule has 0 aliphatic carbocycles. The molecule has 0 fully saturated rings. The Hall–Kier alpha value is -2.56. The normalized spacial score (nSPS) is 9.90. The van der Waals surface area contributed by atoms with Gasteiger partial charge in [-0.1, -0.05) is 30.3 Å². The number of carbonyl (C=O) groups is 2. The van der Waals surface area contributed by atoms with Crippen molar-refractivity contribution in [1.29, 1.82) is 0 Å². The molecule has 1 N–H and O–H groups in total. The molecule has 1 aromatic carbocycles. The largest absolute Gasteiger partial charge is 0.465 e. The number of methoxy groups -OCH3 is 2. The molecular formula is C15H17NO4. The topological polar surface area (TPSA) is 64.6 Å². The summed E-state index contributed by atoms with van der Waals surface area (Å²) >= 11 is 0. The van der Waals surface area contributed by atoms with Crippen molar-refractivity contribution in [2.24, 2.45) is 0 Å². The Labute approximate surface area is 117 Å². The van der Waals surface area contributed by atoms with Gasteiger partial charge >= 0.3 is 11.9 Å². The minimum atomic E-state index is -0.732. The van der Waals surface area contributed by atoms with Gasteiger partial charge in [0, 0.05) is 6.54 Å². The smallest absolute Gasteiger partial charge is 0.345 e. The molecule has 0 radical (unpaired) electrons. The van der Waals surface area contributed by atoms with E-state index in [0.717, 1.165) is 5.56 Å². The SMILES string of the molecule is COC(=O)C(=C/C=C/NCc1ccccc1)C(=O)OC. The van der Waals surface area contributed by atoms with Crippen LogP contribution in [0.5, 0.6) is 0 Å².